The van der Waals surface area contributed by atoms with Crippen molar-refractivity contribution in [2.45, 2.75) is 19.4 Å². The molecule has 0 aliphatic carbocycles. The Bertz CT molecular complexity index is 408. The van der Waals surface area contributed by atoms with Gasteiger partial charge in [-0.25, -0.2) is 0 Å². The zero-order valence-corrected chi connectivity index (χ0v) is 12.0. The molecule has 1 atom stereocenters. The molecule has 0 fully saturated rings. The van der Waals surface area contributed by atoms with Crippen molar-refractivity contribution >= 4 is 23.6 Å². The normalized spacial score (nSPS) is 11.7. The third kappa shape index (κ3) is 6.29. The molecule has 0 radical (unpaired) electrons. The van der Waals surface area contributed by atoms with Crippen LogP contribution in [0.3, 0.4) is 0 Å². The molecule has 0 aromatic heterocycles. The largest absolute Gasteiger partial charge is 0.468 e. The number of hydrogen-bond donors (Lipinski definition) is 1. The molecule has 1 rings (SSSR count). The van der Waals surface area contributed by atoms with Gasteiger partial charge in [-0.1, -0.05) is 30.3 Å². The van der Waals surface area contributed by atoms with E-state index in [0.29, 0.717) is 12.2 Å². The second-order valence-corrected chi connectivity index (χ2v) is 5.18. The average Bonchev–Trinajstić information content (AvgIpc) is 2.44. The molecule has 0 saturated heterocycles. The van der Waals surface area contributed by atoms with Crippen molar-refractivity contribution < 1.29 is 14.3 Å². The van der Waals surface area contributed by atoms with Crippen LogP contribution in [0.4, 0.5) is 0 Å². The molecule has 0 aliphatic heterocycles. The fourth-order valence-corrected chi connectivity index (χ4v) is 2.28. The summed E-state index contributed by atoms with van der Waals surface area (Å²) in [5, 5.41) is 2.93. The molecule has 1 aromatic carbocycles. The lowest BCUT2D eigenvalue weighted by Crippen LogP contribution is -2.26. The third-order valence-electron chi connectivity index (χ3n) is 2.60. The van der Waals surface area contributed by atoms with E-state index < -0.39 is 0 Å². The van der Waals surface area contributed by atoms with Crippen molar-refractivity contribution in [3.8, 4) is 0 Å². The molecule has 0 saturated carbocycles. The van der Waals surface area contributed by atoms with Crippen LogP contribution in [0.25, 0.3) is 0 Å². The van der Waals surface area contributed by atoms with Gasteiger partial charge in [-0.2, -0.15) is 0 Å². The Balaban J connectivity index is 2.22. The molecule has 0 bridgehead atoms. The van der Waals surface area contributed by atoms with Crippen LogP contribution in [0, 0.1) is 0 Å². The summed E-state index contributed by atoms with van der Waals surface area (Å²) in [5.74, 6) is 0.636. The zero-order valence-electron chi connectivity index (χ0n) is 11.2. The number of rotatable bonds is 7. The van der Waals surface area contributed by atoms with Crippen molar-refractivity contribution in [3.63, 3.8) is 0 Å². The molecule has 104 valence electrons. The van der Waals surface area contributed by atoms with E-state index in [9.17, 15) is 9.59 Å². The molecule has 19 heavy (non-hydrogen) atoms. The van der Waals surface area contributed by atoms with Gasteiger partial charge < -0.3 is 10.1 Å². The van der Waals surface area contributed by atoms with Crippen molar-refractivity contribution in [1.82, 2.24) is 5.32 Å². The first-order chi connectivity index (χ1) is 9.13. The van der Waals surface area contributed by atoms with Crippen molar-refractivity contribution in [3.05, 3.63) is 35.9 Å². The van der Waals surface area contributed by atoms with Crippen LogP contribution in [0.5, 0.6) is 0 Å². The van der Waals surface area contributed by atoms with E-state index in [2.05, 4.69) is 10.1 Å². The molecular formula is C14H19NO3S. The first-order valence-electron chi connectivity index (χ1n) is 6.12. The summed E-state index contributed by atoms with van der Waals surface area (Å²) >= 11 is 1.40. The third-order valence-corrected chi connectivity index (χ3v) is 3.53. The highest BCUT2D eigenvalue weighted by atomic mass is 32.2. The molecule has 5 heteroatoms. The highest BCUT2D eigenvalue weighted by Crippen LogP contribution is 2.11. The van der Waals surface area contributed by atoms with Gasteiger partial charge >= 0.3 is 5.97 Å². The zero-order chi connectivity index (χ0) is 14.1. The average molecular weight is 281 g/mol. The topological polar surface area (TPSA) is 55.4 Å². The number of esters is 1. The van der Waals surface area contributed by atoms with E-state index in [0.717, 1.165) is 5.56 Å². The quantitative estimate of drug-likeness (QED) is 0.614. The van der Waals surface area contributed by atoms with E-state index in [-0.39, 0.29) is 23.7 Å². The Morgan fingerprint density at radius 2 is 2.00 bits per heavy atom. The monoisotopic (exact) mass is 281 g/mol. The fourth-order valence-electron chi connectivity index (χ4n) is 1.52. The predicted molar refractivity (Wildman–Crippen MR) is 77.0 cm³/mol. The van der Waals surface area contributed by atoms with Crippen LogP contribution in [0.2, 0.25) is 0 Å². The lowest BCUT2D eigenvalue weighted by Gasteiger charge is -2.14. The SMILES string of the molecule is COC(=O)CSCCC(=O)NC(C)c1ccccc1. The lowest BCUT2D eigenvalue weighted by molar-refractivity contribution is -0.137. The van der Waals surface area contributed by atoms with E-state index >= 15 is 0 Å². The minimum absolute atomic E-state index is 0.000642. The molecule has 1 N–H and O–H groups in total. The Hall–Kier alpha value is -1.49. The van der Waals surface area contributed by atoms with Gasteiger partial charge in [-0.15, -0.1) is 11.8 Å². The van der Waals surface area contributed by atoms with Gasteiger partial charge in [0.15, 0.2) is 0 Å². The van der Waals surface area contributed by atoms with E-state index in [1.54, 1.807) is 0 Å². The van der Waals surface area contributed by atoms with Gasteiger partial charge in [0.1, 0.15) is 0 Å². The summed E-state index contributed by atoms with van der Waals surface area (Å²) in [5.41, 5.74) is 1.08. The fraction of sp³-hybridized carbons (Fsp3) is 0.429. The predicted octanol–water partition coefficient (Wildman–Crippen LogP) is 2.16. The number of thioether (sulfide) groups is 1. The summed E-state index contributed by atoms with van der Waals surface area (Å²) in [6.45, 7) is 1.95. The summed E-state index contributed by atoms with van der Waals surface area (Å²) in [6.07, 6.45) is 0.402. The summed E-state index contributed by atoms with van der Waals surface area (Å²) in [7, 11) is 1.36. The minimum Gasteiger partial charge on any atom is -0.468 e. The molecular weight excluding hydrogens is 262 g/mol. The number of nitrogens with one attached hydrogen (secondary N) is 1. The highest BCUT2D eigenvalue weighted by molar-refractivity contribution is 7.99. The second-order valence-electron chi connectivity index (χ2n) is 4.08. The van der Waals surface area contributed by atoms with E-state index in [1.165, 1.54) is 18.9 Å². The number of amides is 1. The van der Waals surface area contributed by atoms with Crippen LogP contribution in [0.15, 0.2) is 30.3 Å². The van der Waals surface area contributed by atoms with Gasteiger partial charge in [-0.05, 0) is 12.5 Å². The maximum atomic E-state index is 11.7. The molecule has 0 heterocycles. The van der Waals surface area contributed by atoms with Crippen LogP contribution in [0.1, 0.15) is 24.9 Å². The maximum Gasteiger partial charge on any atom is 0.315 e. The first-order valence-corrected chi connectivity index (χ1v) is 7.28. The number of methoxy groups -OCH3 is 1. The summed E-state index contributed by atoms with van der Waals surface area (Å²) < 4.78 is 4.52. The lowest BCUT2D eigenvalue weighted by atomic mass is 10.1. The molecule has 0 spiro atoms. The molecule has 4 nitrogen and oxygen atoms in total. The van der Waals surface area contributed by atoms with Crippen molar-refractivity contribution in [1.29, 1.82) is 0 Å². The molecule has 1 amide bonds. The number of carbonyl (C=O) groups excluding carboxylic acids is 2. The Kier molecular flexibility index (Phi) is 7.03. The maximum absolute atomic E-state index is 11.7. The standard InChI is InChI=1S/C14H19NO3S/c1-11(12-6-4-3-5-7-12)15-13(16)8-9-19-10-14(17)18-2/h3-7,11H,8-10H2,1-2H3,(H,15,16). The number of ether oxygens (including phenoxy) is 1. The van der Waals surface area contributed by atoms with Gasteiger partial charge in [-0.3, -0.25) is 9.59 Å². The van der Waals surface area contributed by atoms with Gasteiger partial charge in [0.2, 0.25) is 5.91 Å². The van der Waals surface area contributed by atoms with Gasteiger partial charge in [0, 0.05) is 12.2 Å². The Morgan fingerprint density at radius 1 is 1.32 bits per heavy atom. The van der Waals surface area contributed by atoms with E-state index in [4.69, 9.17) is 0 Å². The number of benzene rings is 1. The summed E-state index contributed by atoms with van der Waals surface area (Å²) in [4.78, 5) is 22.6. The summed E-state index contributed by atoms with van der Waals surface area (Å²) in [6, 6.07) is 9.81. The molecule has 1 unspecified atom stereocenters. The highest BCUT2D eigenvalue weighted by Gasteiger charge is 2.09. The van der Waals surface area contributed by atoms with Crippen LogP contribution >= 0.6 is 11.8 Å². The van der Waals surface area contributed by atoms with Crippen LogP contribution < -0.4 is 5.32 Å². The van der Waals surface area contributed by atoms with Crippen molar-refractivity contribution in [2.75, 3.05) is 18.6 Å². The first kappa shape index (κ1) is 15.6. The smallest absolute Gasteiger partial charge is 0.315 e. The van der Waals surface area contributed by atoms with E-state index in [1.807, 2.05) is 37.3 Å². The Labute approximate surface area is 117 Å². The minimum atomic E-state index is -0.261. The number of carbonyl (C=O) groups is 2. The van der Waals surface area contributed by atoms with Crippen molar-refractivity contribution in [2.24, 2.45) is 0 Å². The second kappa shape index (κ2) is 8.58. The molecule has 1 aromatic rings. The van der Waals surface area contributed by atoms with Gasteiger partial charge in [0.05, 0.1) is 18.9 Å². The van der Waals surface area contributed by atoms with Crippen LogP contribution in [-0.4, -0.2) is 30.5 Å². The number of hydrogen-bond acceptors (Lipinski definition) is 4. The molecule has 0 aliphatic rings. The van der Waals surface area contributed by atoms with Gasteiger partial charge in [0.25, 0.3) is 0 Å². The van der Waals surface area contributed by atoms with Crippen LogP contribution in [-0.2, 0) is 14.3 Å². The Morgan fingerprint density at radius 3 is 2.63 bits per heavy atom.